The maximum atomic E-state index is 12.6. The number of nitrogens with two attached hydrogens (primary N) is 1. The van der Waals surface area contributed by atoms with Crippen LogP contribution < -0.4 is 5.73 Å². The highest BCUT2D eigenvalue weighted by Crippen LogP contribution is 2.27. The summed E-state index contributed by atoms with van der Waals surface area (Å²) in [5.74, 6) is -0.869. The van der Waals surface area contributed by atoms with E-state index in [2.05, 4.69) is 0 Å². The van der Waals surface area contributed by atoms with Gasteiger partial charge in [-0.1, -0.05) is 0 Å². The lowest BCUT2D eigenvalue weighted by atomic mass is 10.1. The summed E-state index contributed by atoms with van der Waals surface area (Å²) in [4.78, 5) is 9.50. The van der Waals surface area contributed by atoms with Crippen LogP contribution in [0.1, 0.15) is 11.6 Å². The first-order valence-electron chi connectivity index (χ1n) is 3.91. The largest absolute Gasteiger partial charge is 0.319 e. The van der Waals surface area contributed by atoms with E-state index >= 15 is 0 Å². The first-order chi connectivity index (χ1) is 6.93. The predicted molar refractivity (Wildman–Crippen MR) is 46.0 cm³/mol. The Morgan fingerprint density at radius 3 is 2.47 bits per heavy atom. The molecule has 1 aromatic carbocycles. The van der Waals surface area contributed by atoms with E-state index in [0.717, 1.165) is 12.1 Å². The predicted octanol–water partition coefficient (Wildman–Crippen LogP) is 2.00. The van der Waals surface area contributed by atoms with Gasteiger partial charge in [0.25, 0.3) is 12.1 Å². The van der Waals surface area contributed by atoms with Crippen molar-refractivity contribution in [2.24, 2.45) is 5.73 Å². The second kappa shape index (κ2) is 4.26. The Morgan fingerprint density at radius 2 is 2.00 bits per heavy atom. The fourth-order valence-electron chi connectivity index (χ4n) is 1.09. The lowest BCUT2D eigenvalue weighted by Crippen LogP contribution is -2.20. The summed E-state index contributed by atoms with van der Waals surface area (Å²) in [6, 6.07) is 0.526. The molecule has 4 nitrogen and oxygen atoms in total. The third kappa shape index (κ3) is 2.44. The number of nitro benzene ring substituents is 1. The minimum Gasteiger partial charge on any atom is -0.319 e. The standard InChI is InChI=1S/C8H7F3N2O2/c9-4-1-2-5(7(12)8(10)11)6(3-4)13(14)15/h1-3,7-8H,12H2/t7-/m1/s1. The van der Waals surface area contributed by atoms with Crippen molar-refractivity contribution in [2.75, 3.05) is 0 Å². The molecule has 0 saturated carbocycles. The van der Waals surface area contributed by atoms with E-state index in [4.69, 9.17) is 5.73 Å². The molecule has 0 saturated heterocycles. The average Bonchev–Trinajstić information content (AvgIpc) is 2.16. The molecule has 0 amide bonds. The van der Waals surface area contributed by atoms with Crippen molar-refractivity contribution in [3.8, 4) is 0 Å². The molecular weight excluding hydrogens is 213 g/mol. The van der Waals surface area contributed by atoms with E-state index in [1.165, 1.54) is 0 Å². The third-order valence-corrected chi connectivity index (χ3v) is 1.82. The minimum atomic E-state index is -2.94. The zero-order valence-electron chi connectivity index (χ0n) is 7.36. The molecular formula is C8H7F3N2O2. The second-order valence-electron chi connectivity index (χ2n) is 2.82. The second-order valence-corrected chi connectivity index (χ2v) is 2.82. The highest BCUT2D eigenvalue weighted by Gasteiger charge is 2.26. The normalized spacial score (nSPS) is 12.9. The molecule has 15 heavy (non-hydrogen) atoms. The van der Waals surface area contributed by atoms with Crippen molar-refractivity contribution in [3.05, 3.63) is 39.7 Å². The third-order valence-electron chi connectivity index (χ3n) is 1.82. The molecule has 0 heterocycles. The van der Waals surface area contributed by atoms with E-state index < -0.39 is 28.9 Å². The van der Waals surface area contributed by atoms with Gasteiger partial charge in [0.05, 0.1) is 22.6 Å². The number of benzene rings is 1. The SMILES string of the molecule is N[C@H](c1ccc(F)cc1[N+](=O)[O-])C(F)F. The zero-order chi connectivity index (χ0) is 11.6. The van der Waals surface area contributed by atoms with Gasteiger partial charge in [0, 0.05) is 0 Å². The first-order valence-corrected chi connectivity index (χ1v) is 3.91. The van der Waals surface area contributed by atoms with Gasteiger partial charge in [-0.3, -0.25) is 10.1 Å². The van der Waals surface area contributed by atoms with Gasteiger partial charge in [0.1, 0.15) is 5.82 Å². The van der Waals surface area contributed by atoms with Crippen molar-refractivity contribution >= 4 is 5.69 Å². The van der Waals surface area contributed by atoms with Crippen molar-refractivity contribution in [3.63, 3.8) is 0 Å². The summed E-state index contributed by atoms with van der Waals surface area (Å²) < 4.78 is 37.1. The molecule has 1 rings (SSSR count). The maximum Gasteiger partial charge on any atom is 0.277 e. The number of nitro groups is 1. The van der Waals surface area contributed by atoms with Crippen LogP contribution in [0.3, 0.4) is 0 Å². The Morgan fingerprint density at radius 1 is 1.40 bits per heavy atom. The topological polar surface area (TPSA) is 69.2 Å². The zero-order valence-corrected chi connectivity index (χ0v) is 7.36. The molecule has 2 N–H and O–H groups in total. The van der Waals surface area contributed by atoms with Crippen LogP contribution in [0.5, 0.6) is 0 Å². The smallest absolute Gasteiger partial charge is 0.277 e. The van der Waals surface area contributed by atoms with Crippen molar-refractivity contribution in [1.29, 1.82) is 0 Å². The monoisotopic (exact) mass is 220 g/mol. The Labute approximate surface area is 82.7 Å². The molecule has 0 fully saturated rings. The summed E-state index contributed by atoms with van der Waals surface area (Å²) in [5.41, 5.74) is 3.94. The van der Waals surface area contributed by atoms with E-state index in [0.29, 0.717) is 6.07 Å². The van der Waals surface area contributed by atoms with E-state index in [1.807, 2.05) is 0 Å². The fraction of sp³-hybridized carbons (Fsp3) is 0.250. The molecule has 0 spiro atoms. The van der Waals surface area contributed by atoms with Crippen LogP contribution in [-0.4, -0.2) is 11.3 Å². The van der Waals surface area contributed by atoms with Gasteiger partial charge in [-0.2, -0.15) is 0 Å². The molecule has 0 unspecified atom stereocenters. The number of hydrogen-bond donors (Lipinski definition) is 1. The van der Waals surface area contributed by atoms with Gasteiger partial charge in [0.15, 0.2) is 0 Å². The Bertz CT molecular complexity index is 384. The maximum absolute atomic E-state index is 12.6. The van der Waals surface area contributed by atoms with Crippen LogP contribution in [-0.2, 0) is 0 Å². The van der Waals surface area contributed by atoms with E-state index in [-0.39, 0.29) is 5.56 Å². The van der Waals surface area contributed by atoms with E-state index in [9.17, 15) is 23.3 Å². The van der Waals surface area contributed by atoms with E-state index in [1.54, 1.807) is 0 Å². The highest BCUT2D eigenvalue weighted by molar-refractivity contribution is 5.42. The Hall–Kier alpha value is -1.63. The lowest BCUT2D eigenvalue weighted by molar-refractivity contribution is -0.386. The highest BCUT2D eigenvalue weighted by atomic mass is 19.3. The van der Waals surface area contributed by atoms with Gasteiger partial charge in [0.2, 0.25) is 0 Å². The van der Waals surface area contributed by atoms with Gasteiger partial charge in [-0.05, 0) is 12.1 Å². The molecule has 82 valence electrons. The van der Waals surface area contributed by atoms with Gasteiger partial charge in [-0.15, -0.1) is 0 Å². The summed E-state index contributed by atoms with van der Waals surface area (Å²) >= 11 is 0. The average molecular weight is 220 g/mol. The van der Waals surface area contributed by atoms with Crippen LogP contribution in [0.2, 0.25) is 0 Å². The molecule has 0 aliphatic carbocycles. The molecule has 1 atom stereocenters. The van der Waals surface area contributed by atoms with Gasteiger partial charge < -0.3 is 5.73 Å². The molecule has 0 aromatic heterocycles. The minimum absolute atomic E-state index is 0.378. The van der Waals surface area contributed by atoms with Crippen LogP contribution in [0.25, 0.3) is 0 Å². The molecule has 0 radical (unpaired) electrons. The number of hydrogen-bond acceptors (Lipinski definition) is 3. The van der Waals surface area contributed by atoms with Crippen molar-refractivity contribution < 1.29 is 18.1 Å². The summed E-state index contributed by atoms with van der Waals surface area (Å²) in [5, 5.41) is 10.4. The molecule has 0 aliphatic heterocycles. The van der Waals surface area contributed by atoms with Crippen molar-refractivity contribution in [2.45, 2.75) is 12.5 Å². The van der Waals surface area contributed by atoms with Gasteiger partial charge >= 0.3 is 0 Å². The molecule has 0 aliphatic rings. The van der Waals surface area contributed by atoms with Crippen LogP contribution in [0.4, 0.5) is 18.9 Å². The first kappa shape index (κ1) is 11.4. The summed E-state index contributed by atoms with van der Waals surface area (Å²) in [6.45, 7) is 0. The number of halogens is 3. The quantitative estimate of drug-likeness (QED) is 0.625. The molecule has 0 bridgehead atoms. The Kier molecular flexibility index (Phi) is 3.25. The molecule has 7 heteroatoms. The number of nitrogens with zero attached hydrogens (tertiary/aromatic N) is 1. The summed E-state index contributed by atoms with van der Waals surface area (Å²) in [6.07, 6.45) is -2.94. The van der Waals surface area contributed by atoms with Gasteiger partial charge in [-0.25, -0.2) is 13.2 Å². The fourth-order valence-corrected chi connectivity index (χ4v) is 1.09. The Balaban J connectivity index is 3.22. The van der Waals surface area contributed by atoms with Crippen LogP contribution >= 0.6 is 0 Å². The number of rotatable bonds is 3. The number of alkyl halides is 2. The van der Waals surface area contributed by atoms with Crippen molar-refractivity contribution in [1.82, 2.24) is 0 Å². The van der Waals surface area contributed by atoms with Crippen LogP contribution in [0.15, 0.2) is 18.2 Å². The summed E-state index contributed by atoms with van der Waals surface area (Å²) in [7, 11) is 0. The van der Waals surface area contributed by atoms with Crippen LogP contribution in [0, 0.1) is 15.9 Å². The molecule has 1 aromatic rings. The lowest BCUT2D eigenvalue weighted by Gasteiger charge is -2.10.